The number of ether oxygens (including phenoxy) is 9. The Balaban J connectivity index is 1.95. The molecule has 13 heteroatoms. The van der Waals surface area contributed by atoms with E-state index in [2.05, 4.69) is 0 Å². The van der Waals surface area contributed by atoms with Crippen LogP contribution in [0.1, 0.15) is 45.6 Å². The number of benzene rings is 2. The van der Waals surface area contributed by atoms with Crippen molar-refractivity contribution < 1.29 is 63.1 Å². The normalized spacial score (nSPS) is 12.9. The molecule has 0 saturated heterocycles. The van der Waals surface area contributed by atoms with E-state index in [1.165, 1.54) is 0 Å². The van der Waals surface area contributed by atoms with Gasteiger partial charge in [0.2, 0.25) is 0 Å². The van der Waals surface area contributed by atoms with Gasteiger partial charge in [-0.1, -0.05) is 12.1 Å². The van der Waals surface area contributed by atoms with Crippen molar-refractivity contribution in [2.45, 2.75) is 39.9 Å². The van der Waals surface area contributed by atoms with Gasteiger partial charge in [0.15, 0.2) is 0 Å². The Kier molecular flexibility index (Phi) is 23.1. The van der Waals surface area contributed by atoms with E-state index in [-0.39, 0.29) is 64.4 Å². The van der Waals surface area contributed by atoms with Crippen molar-refractivity contribution in [1.82, 2.24) is 0 Å². The minimum absolute atomic E-state index is 0.0164. The lowest BCUT2D eigenvalue weighted by Gasteiger charge is -2.25. The van der Waals surface area contributed by atoms with Crippen LogP contribution in [0.4, 0.5) is 0 Å². The van der Waals surface area contributed by atoms with Gasteiger partial charge in [-0.3, -0.25) is 0 Å². The van der Waals surface area contributed by atoms with Crippen molar-refractivity contribution in [3.8, 4) is 11.5 Å². The second-order valence-corrected chi connectivity index (χ2v) is 11.3. The fourth-order valence-electron chi connectivity index (χ4n) is 4.88. The summed E-state index contributed by atoms with van der Waals surface area (Å²) in [5, 5.41) is 39.1. The van der Waals surface area contributed by atoms with Crippen LogP contribution >= 0.6 is 0 Å². The van der Waals surface area contributed by atoms with Crippen LogP contribution in [-0.4, -0.2) is 139 Å². The van der Waals surface area contributed by atoms with Gasteiger partial charge in [-0.05, 0) is 62.1 Å². The molecule has 280 valence electrons. The van der Waals surface area contributed by atoms with E-state index in [1.54, 1.807) is 12.1 Å². The molecule has 0 spiro atoms. The SMILES string of the molecule is Cc1ccc(O)c(C(COCC(OCCOCCOCCOCCO)c2c(O)ccc(C)c2C)OCCOCCOCCOCCO)c1C. The van der Waals surface area contributed by atoms with E-state index in [0.717, 1.165) is 22.3 Å². The Morgan fingerprint density at radius 1 is 0.429 bits per heavy atom. The summed E-state index contributed by atoms with van der Waals surface area (Å²) in [6.45, 7) is 13.0. The minimum Gasteiger partial charge on any atom is -0.508 e. The molecule has 0 amide bonds. The number of phenols is 2. The van der Waals surface area contributed by atoms with Crippen molar-refractivity contribution in [3.05, 3.63) is 57.6 Å². The van der Waals surface area contributed by atoms with Crippen molar-refractivity contribution in [2.24, 2.45) is 0 Å². The Morgan fingerprint density at radius 2 is 0.735 bits per heavy atom. The number of phenolic OH excluding ortho intramolecular Hbond substituents is 2. The van der Waals surface area contributed by atoms with E-state index in [1.807, 2.05) is 39.8 Å². The Morgan fingerprint density at radius 3 is 1.06 bits per heavy atom. The first-order chi connectivity index (χ1) is 23.8. The van der Waals surface area contributed by atoms with Crippen LogP contribution in [0.2, 0.25) is 0 Å². The van der Waals surface area contributed by atoms with Crippen molar-refractivity contribution in [2.75, 3.05) is 119 Å². The highest BCUT2D eigenvalue weighted by Crippen LogP contribution is 2.35. The van der Waals surface area contributed by atoms with E-state index >= 15 is 0 Å². The van der Waals surface area contributed by atoms with Gasteiger partial charge in [-0.2, -0.15) is 0 Å². The van der Waals surface area contributed by atoms with E-state index in [9.17, 15) is 10.2 Å². The molecule has 2 atom stereocenters. The number of hydrogen-bond donors (Lipinski definition) is 4. The monoisotopic (exact) mass is 698 g/mol. The molecular weight excluding hydrogens is 640 g/mol. The maximum absolute atomic E-state index is 10.8. The summed E-state index contributed by atoms with van der Waals surface area (Å²) < 4.78 is 51.2. The van der Waals surface area contributed by atoms with Crippen LogP contribution in [0, 0.1) is 27.7 Å². The number of aryl methyl sites for hydroxylation is 2. The van der Waals surface area contributed by atoms with Crippen LogP contribution in [0.25, 0.3) is 0 Å². The van der Waals surface area contributed by atoms with E-state index in [0.29, 0.717) is 77.2 Å². The average molecular weight is 699 g/mol. The average Bonchev–Trinajstić information content (AvgIpc) is 3.09. The molecule has 0 aromatic heterocycles. The Bertz CT molecular complexity index is 1060. The molecule has 0 radical (unpaired) electrons. The highest BCUT2D eigenvalue weighted by molar-refractivity contribution is 5.45. The molecule has 0 aliphatic carbocycles. The third kappa shape index (κ3) is 16.9. The summed E-state index contributed by atoms with van der Waals surface area (Å²) in [6, 6.07) is 7.03. The summed E-state index contributed by atoms with van der Waals surface area (Å²) >= 11 is 0. The third-order valence-corrected chi connectivity index (χ3v) is 7.76. The number of aromatic hydroxyl groups is 2. The Labute approximate surface area is 290 Å². The topological polar surface area (TPSA) is 164 Å². The quantitative estimate of drug-likeness (QED) is 0.0881. The fraction of sp³-hybridized carbons (Fsp3) is 0.667. The smallest absolute Gasteiger partial charge is 0.121 e. The number of aliphatic hydroxyl groups excluding tert-OH is 2. The van der Waals surface area contributed by atoms with Crippen LogP contribution in [0.3, 0.4) is 0 Å². The minimum atomic E-state index is -0.589. The number of rotatable bonds is 30. The second kappa shape index (κ2) is 26.4. The molecule has 0 aliphatic rings. The zero-order valence-corrected chi connectivity index (χ0v) is 29.7. The summed E-state index contributed by atoms with van der Waals surface area (Å²) in [7, 11) is 0. The van der Waals surface area contributed by atoms with Gasteiger partial charge in [-0.25, -0.2) is 0 Å². The fourth-order valence-corrected chi connectivity index (χ4v) is 4.88. The molecule has 0 bridgehead atoms. The first kappa shape index (κ1) is 42.8. The van der Waals surface area contributed by atoms with Crippen molar-refractivity contribution in [3.63, 3.8) is 0 Å². The molecule has 13 nitrogen and oxygen atoms in total. The number of aliphatic hydroxyl groups is 2. The molecule has 2 unspecified atom stereocenters. The second-order valence-electron chi connectivity index (χ2n) is 11.3. The van der Waals surface area contributed by atoms with Crippen LogP contribution in [0.5, 0.6) is 11.5 Å². The lowest BCUT2D eigenvalue weighted by Crippen LogP contribution is -2.21. The van der Waals surface area contributed by atoms with Gasteiger partial charge < -0.3 is 63.1 Å². The van der Waals surface area contributed by atoms with Crippen molar-refractivity contribution in [1.29, 1.82) is 0 Å². The van der Waals surface area contributed by atoms with Gasteiger partial charge in [0, 0.05) is 11.1 Å². The highest BCUT2D eigenvalue weighted by Gasteiger charge is 2.24. The predicted molar refractivity (Wildman–Crippen MR) is 182 cm³/mol. The van der Waals surface area contributed by atoms with Crippen LogP contribution in [0.15, 0.2) is 24.3 Å². The van der Waals surface area contributed by atoms with E-state index in [4.69, 9.17) is 52.8 Å². The lowest BCUT2D eigenvalue weighted by molar-refractivity contribution is -0.0793. The summed E-state index contributed by atoms with van der Waals surface area (Å²) in [4.78, 5) is 0. The first-order valence-corrected chi connectivity index (χ1v) is 16.9. The van der Waals surface area contributed by atoms with Gasteiger partial charge in [0.1, 0.15) is 23.7 Å². The third-order valence-electron chi connectivity index (χ3n) is 7.76. The van der Waals surface area contributed by atoms with Gasteiger partial charge in [0.25, 0.3) is 0 Å². The van der Waals surface area contributed by atoms with Gasteiger partial charge in [-0.15, -0.1) is 0 Å². The Hall–Kier alpha value is -2.40. The van der Waals surface area contributed by atoms with Gasteiger partial charge in [0.05, 0.1) is 119 Å². The molecule has 0 aliphatic heterocycles. The highest BCUT2D eigenvalue weighted by atomic mass is 16.6. The standard InChI is InChI=1S/C36H58O13/c1-27-5-7-31(39)35(29(27)3)33(48-23-21-45-19-17-43-15-13-41-11-9-37)25-47-26-34(36-30(4)28(2)6-8-32(36)40)49-24-22-46-20-18-44-16-14-42-12-10-38/h5-8,33-34,37-40H,9-26H2,1-4H3. The largest absolute Gasteiger partial charge is 0.508 e. The molecule has 0 heterocycles. The summed E-state index contributed by atoms with van der Waals surface area (Å²) in [6.07, 6.45) is -1.18. The maximum atomic E-state index is 10.8. The van der Waals surface area contributed by atoms with Gasteiger partial charge >= 0.3 is 0 Å². The number of hydrogen-bond acceptors (Lipinski definition) is 13. The molecule has 2 rings (SSSR count). The molecule has 49 heavy (non-hydrogen) atoms. The predicted octanol–water partition coefficient (Wildman–Crippen LogP) is 3.25. The van der Waals surface area contributed by atoms with E-state index < -0.39 is 12.2 Å². The van der Waals surface area contributed by atoms with Crippen LogP contribution < -0.4 is 0 Å². The lowest BCUT2D eigenvalue weighted by atomic mass is 9.97. The summed E-state index contributed by atoms with van der Waals surface area (Å²) in [5.41, 5.74) is 5.14. The van der Waals surface area contributed by atoms with Crippen LogP contribution in [-0.2, 0) is 42.6 Å². The first-order valence-electron chi connectivity index (χ1n) is 16.9. The zero-order valence-electron chi connectivity index (χ0n) is 29.7. The molecule has 4 N–H and O–H groups in total. The molecule has 2 aromatic carbocycles. The molecular formula is C36H58O13. The molecule has 0 fully saturated rings. The van der Waals surface area contributed by atoms with Crippen molar-refractivity contribution >= 4 is 0 Å². The summed E-state index contributed by atoms with van der Waals surface area (Å²) in [5.74, 6) is 0.237. The maximum Gasteiger partial charge on any atom is 0.121 e. The molecule has 2 aromatic rings. The molecule has 0 saturated carbocycles. The zero-order chi connectivity index (χ0) is 35.7.